The Bertz CT molecular complexity index is 388. The predicted molar refractivity (Wildman–Crippen MR) is 64.5 cm³/mol. The molecule has 0 saturated carbocycles. The average molecular weight is 222 g/mol. The minimum atomic E-state index is -0.206. The fourth-order valence-electron chi connectivity index (χ4n) is 2.31. The average Bonchev–Trinajstić information content (AvgIpc) is 2.52. The van der Waals surface area contributed by atoms with E-state index in [2.05, 4.69) is 18.7 Å². The van der Waals surface area contributed by atoms with Crippen LogP contribution in [-0.2, 0) is 6.54 Å². The van der Waals surface area contributed by atoms with Gasteiger partial charge in [0.2, 0.25) is 0 Å². The van der Waals surface area contributed by atoms with Crippen LogP contribution in [0.15, 0.2) is 18.2 Å². The lowest BCUT2D eigenvalue weighted by Gasteiger charge is -2.20. The molecule has 0 aromatic heterocycles. The van der Waals surface area contributed by atoms with Gasteiger partial charge in [-0.05, 0) is 42.1 Å². The first kappa shape index (κ1) is 11.4. The van der Waals surface area contributed by atoms with Crippen molar-refractivity contribution in [3.05, 3.63) is 29.6 Å². The van der Waals surface area contributed by atoms with E-state index in [4.69, 9.17) is 5.73 Å². The molecule has 0 amide bonds. The molecule has 1 saturated heterocycles. The van der Waals surface area contributed by atoms with Crippen molar-refractivity contribution in [2.24, 2.45) is 5.41 Å². The van der Waals surface area contributed by atoms with Gasteiger partial charge < -0.3 is 5.73 Å². The lowest BCUT2D eigenvalue weighted by molar-refractivity contribution is 0.284. The zero-order chi connectivity index (χ0) is 11.8. The Labute approximate surface area is 96.2 Å². The first-order valence-corrected chi connectivity index (χ1v) is 5.73. The van der Waals surface area contributed by atoms with E-state index in [1.807, 2.05) is 0 Å². The predicted octanol–water partition coefficient (Wildman–Crippen LogP) is 2.64. The molecule has 1 aliphatic heterocycles. The number of likely N-dealkylation sites (tertiary alicyclic amines) is 1. The molecule has 1 heterocycles. The van der Waals surface area contributed by atoms with Gasteiger partial charge in [-0.2, -0.15) is 0 Å². The molecular formula is C13H19FN2. The largest absolute Gasteiger partial charge is 0.398 e. The number of hydrogen-bond acceptors (Lipinski definition) is 2. The first-order valence-electron chi connectivity index (χ1n) is 5.73. The molecule has 2 N–H and O–H groups in total. The topological polar surface area (TPSA) is 29.3 Å². The highest BCUT2D eigenvalue weighted by atomic mass is 19.1. The molecule has 2 rings (SSSR count). The number of nitrogens with zero attached hydrogens (tertiary/aromatic N) is 1. The van der Waals surface area contributed by atoms with E-state index >= 15 is 0 Å². The van der Waals surface area contributed by atoms with Gasteiger partial charge in [0.15, 0.2) is 0 Å². The van der Waals surface area contributed by atoms with Gasteiger partial charge in [0.05, 0.1) is 0 Å². The standard InChI is InChI=1S/C13H19FN2/c1-13(2)5-6-16(9-13)8-10-7-11(14)3-4-12(10)15/h3-4,7H,5-6,8-9,15H2,1-2H3. The van der Waals surface area contributed by atoms with E-state index in [9.17, 15) is 4.39 Å². The summed E-state index contributed by atoms with van der Waals surface area (Å²) in [6, 6.07) is 4.60. The second kappa shape index (κ2) is 4.06. The van der Waals surface area contributed by atoms with Gasteiger partial charge in [-0.1, -0.05) is 13.8 Å². The van der Waals surface area contributed by atoms with Crippen molar-refractivity contribution in [1.82, 2.24) is 4.90 Å². The minimum absolute atomic E-state index is 0.206. The van der Waals surface area contributed by atoms with Gasteiger partial charge in [0, 0.05) is 18.8 Å². The maximum absolute atomic E-state index is 13.1. The summed E-state index contributed by atoms with van der Waals surface area (Å²) < 4.78 is 13.1. The number of halogens is 1. The van der Waals surface area contributed by atoms with Crippen LogP contribution in [0.2, 0.25) is 0 Å². The number of nitrogens with two attached hydrogens (primary N) is 1. The third-order valence-electron chi connectivity index (χ3n) is 3.26. The van der Waals surface area contributed by atoms with Crippen LogP contribution in [0.1, 0.15) is 25.8 Å². The molecule has 1 aliphatic rings. The Morgan fingerprint density at radius 1 is 1.44 bits per heavy atom. The lowest BCUT2D eigenvalue weighted by atomic mass is 9.93. The fourth-order valence-corrected chi connectivity index (χ4v) is 2.31. The summed E-state index contributed by atoms with van der Waals surface area (Å²) in [7, 11) is 0. The van der Waals surface area contributed by atoms with E-state index in [1.165, 1.54) is 12.5 Å². The molecule has 0 bridgehead atoms. The van der Waals surface area contributed by atoms with Gasteiger partial charge in [-0.25, -0.2) is 4.39 Å². The van der Waals surface area contributed by atoms with E-state index < -0.39 is 0 Å². The second-order valence-electron chi connectivity index (χ2n) is 5.47. The summed E-state index contributed by atoms with van der Waals surface area (Å²) in [4.78, 5) is 2.34. The SMILES string of the molecule is CC1(C)CCN(Cc2cc(F)ccc2N)C1. The monoisotopic (exact) mass is 222 g/mol. The zero-order valence-corrected chi connectivity index (χ0v) is 9.96. The Hall–Kier alpha value is -1.09. The fraction of sp³-hybridized carbons (Fsp3) is 0.538. The van der Waals surface area contributed by atoms with Crippen LogP contribution in [-0.4, -0.2) is 18.0 Å². The molecule has 0 spiro atoms. The summed E-state index contributed by atoms with van der Waals surface area (Å²) in [5.41, 5.74) is 7.81. The van der Waals surface area contributed by atoms with Crippen LogP contribution >= 0.6 is 0 Å². The highest BCUT2D eigenvalue weighted by Crippen LogP contribution is 2.30. The van der Waals surface area contributed by atoms with Crippen LogP contribution < -0.4 is 5.73 Å². The number of nitrogen functional groups attached to an aromatic ring is 1. The smallest absolute Gasteiger partial charge is 0.123 e. The van der Waals surface area contributed by atoms with Crippen molar-refractivity contribution in [2.45, 2.75) is 26.8 Å². The molecule has 3 heteroatoms. The van der Waals surface area contributed by atoms with Crippen LogP contribution in [0.25, 0.3) is 0 Å². The highest BCUT2D eigenvalue weighted by molar-refractivity contribution is 5.46. The van der Waals surface area contributed by atoms with Crippen molar-refractivity contribution in [1.29, 1.82) is 0 Å². The summed E-state index contributed by atoms with van der Waals surface area (Å²) in [5, 5.41) is 0. The molecule has 16 heavy (non-hydrogen) atoms. The quantitative estimate of drug-likeness (QED) is 0.779. The Morgan fingerprint density at radius 2 is 2.19 bits per heavy atom. The summed E-state index contributed by atoms with van der Waals surface area (Å²) in [5.74, 6) is -0.206. The lowest BCUT2D eigenvalue weighted by Crippen LogP contribution is -2.23. The Morgan fingerprint density at radius 3 is 2.81 bits per heavy atom. The Kier molecular flexibility index (Phi) is 2.89. The molecule has 1 aromatic carbocycles. The van der Waals surface area contributed by atoms with E-state index in [-0.39, 0.29) is 5.82 Å². The van der Waals surface area contributed by atoms with Crippen LogP contribution in [0.3, 0.4) is 0 Å². The van der Waals surface area contributed by atoms with Crippen molar-refractivity contribution in [3.8, 4) is 0 Å². The maximum Gasteiger partial charge on any atom is 0.123 e. The van der Waals surface area contributed by atoms with Crippen LogP contribution in [0.4, 0.5) is 10.1 Å². The molecule has 0 radical (unpaired) electrons. The molecule has 0 unspecified atom stereocenters. The van der Waals surface area contributed by atoms with E-state index in [0.29, 0.717) is 11.1 Å². The van der Waals surface area contributed by atoms with Gasteiger partial charge in [-0.15, -0.1) is 0 Å². The third-order valence-corrected chi connectivity index (χ3v) is 3.26. The summed E-state index contributed by atoms with van der Waals surface area (Å²) >= 11 is 0. The van der Waals surface area contributed by atoms with Crippen molar-refractivity contribution >= 4 is 5.69 Å². The van der Waals surface area contributed by atoms with Gasteiger partial charge in [0.25, 0.3) is 0 Å². The van der Waals surface area contributed by atoms with Crippen molar-refractivity contribution < 1.29 is 4.39 Å². The summed E-state index contributed by atoms with van der Waals surface area (Å²) in [6.07, 6.45) is 1.20. The molecule has 0 atom stereocenters. The zero-order valence-electron chi connectivity index (χ0n) is 9.96. The third kappa shape index (κ3) is 2.53. The maximum atomic E-state index is 13.1. The molecule has 88 valence electrons. The first-order chi connectivity index (χ1) is 7.46. The number of rotatable bonds is 2. The second-order valence-corrected chi connectivity index (χ2v) is 5.47. The minimum Gasteiger partial charge on any atom is -0.398 e. The molecule has 1 aromatic rings. The number of anilines is 1. The van der Waals surface area contributed by atoms with Crippen molar-refractivity contribution in [2.75, 3.05) is 18.8 Å². The van der Waals surface area contributed by atoms with Crippen LogP contribution in [0, 0.1) is 11.2 Å². The number of hydrogen-bond donors (Lipinski definition) is 1. The van der Waals surface area contributed by atoms with Gasteiger partial charge in [-0.3, -0.25) is 4.90 Å². The Balaban J connectivity index is 2.07. The van der Waals surface area contributed by atoms with E-state index in [0.717, 1.165) is 25.2 Å². The molecule has 0 aliphatic carbocycles. The van der Waals surface area contributed by atoms with Crippen molar-refractivity contribution in [3.63, 3.8) is 0 Å². The van der Waals surface area contributed by atoms with Gasteiger partial charge >= 0.3 is 0 Å². The molecular weight excluding hydrogens is 203 g/mol. The molecule has 1 fully saturated rings. The number of benzene rings is 1. The van der Waals surface area contributed by atoms with Crippen LogP contribution in [0.5, 0.6) is 0 Å². The van der Waals surface area contributed by atoms with E-state index in [1.54, 1.807) is 12.1 Å². The van der Waals surface area contributed by atoms with Gasteiger partial charge in [0.1, 0.15) is 5.82 Å². The molecule has 2 nitrogen and oxygen atoms in total. The normalized spacial score (nSPS) is 20.2. The highest BCUT2D eigenvalue weighted by Gasteiger charge is 2.29. The summed E-state index contributed by atoms with van der Waals surface area (Å²) in [6.45, 7) is 7.42.